The average Bonchev–Trinajstić information content (AvgIpc) is 2.66. The minimum absolute atomic E-state index is 0.128. The molecule has 0 amide bonds. The molecule has 3 aromatic rings. The second-order valence-electron chi connectivity index (χ2n) is 5.79. The SMILES string of the molecule is OCCC(c1ccccc1)c1ccccc1OCc1ccccc1. The van der Waals surface area contributed by atoms with Crippen molar-refractivity contribution >= 4 is 0 Å². The summed E-state index contributed by atoms with van der Waals surface area (Å²) in [6, 6.07) is 28.6. The number of ether oxygens (including phenoxy) is 1. The Morgan fingerprint density at radius 1 is 0.750 bits per heavy atom. The monoisotopic (exact) mass is 318 g/mol. The molecule has 3 rings (SSSR count). The molecule has 0 fully saturated rings. The van der Waals surface area contributed by atoms with E-state index in [1.807, 2.05) is 54.6 Å². The zero-order chi connectivity index (χ0) is 16.6. The second-order valence-corrected chi connectivity index (χ2v) is 5.79. The van der Waals surface area contributed by atoms with Crippen molar-refractivity contribution in [1.29, 1.82) is 0 Å². The molecular formula is C22H22O2. The van der Waals surface area contributed by atoms with E-state index in [1.54, 1.807) is 0 Å². The van der Waals surface area contributed by atoms with Crippen LogP contribution in [0.25, 0.3) is 0 Å². The van der Waals surface area contributed by atoms with Crippen molar-refractivity contribution in [2.75, 3.05) is 6.61 Å². The van der Waals surface area contributed by atoms with Gasteiger partial charge < -0.3 is 9.84 Å². The third-order valence-electron chi connectivity index (χ3n) is 4.15. The van der Waals surface area contributed by atoms with Crippen molar-refractivity contribution in [3.63, 3.8) is 0 Å². The van der Waals surface area contributed by atoms with Crippen molar-refractivity contribution in [1.82, 2.24) is 0 Å². The van der Waals surface area contributed by atoms with Gasteiger partial charge in [-0.2, -0.15) is 0 Å². The number of aliphatic hydroxyl groups excluding tert-OH is 1. The Balaban J connectivity index is 1.86. The van der Waals surface area contributed by atoms with Crippen molar-refractivity contribution in [2.24, 2.45) is 0 Å². The van der Waals surface area contributed by atoms with Crippen LogP contribution in [0.4, 0.5) is 0 Å². The molecule has 0 aromatic heterocycles. The lowest BCUT2D eigenvalue weighted by Crippen LogP contribution is -2.07. The molecule has 0 spiro atoms. The largest absolute Gasteiger partial charge is 0.489 e. The molecule has 0 heterocycles. The van der Waals surface area contributed by atoms with Gasteiger partial charge in [0.15, 0.2) is 0 Å². The predicted octanol–water partition coefficient (Wildman–Crippen LogP) is 4.78. The molecule has 0 aliphatic rings. The molecule has 0 radical (unpaired) electrons. The number of aliphatic hydroxyl groups is 1. The van der Waals surface area contributed by atoms with E-state index in [-0.39, 0.29) is 12.5 Å². The number of hydrogen-bond donors (Lipinski definition) is 1. The topological polar surface area (TPSA) is 29.5 Å². The number of rotatable bonds is 7. The van der Waals surface area contributed by atoms with Crippen LogP contribution in [-0.4, -0.2) is 11.7 Å². The molecule has 2 nitrogen and oxygen atoms in total. The molecule has 2 heteroatoms. The Bertz CT molecular complexity index is 738. The van der Waals surface area contributed by atoms with E-state index in [2.05, 4.69) is 30.3 Å². The third-order valence-corrected chi connectivity index (χ3v) is 4.15. The molecule has 0 saturated heterocycles. The summed E-state index contributed by atoms with van der Waals surface area (Å²) in [7, 11) is 0. The Morgan fingerprint density at radius 2 is 1.38 bits per heavy atom. The molecular weight excluding hydrogens is 296 g/mol. The highest BCUT2D eigenvalue weighted by Crippen LogP contribution is 2.34. The molecule has 0 bridgehead atoms. The molecule has 1 unspecified atom stereocenters. The van der Waals surface area contributed by atoms with Gasteiger partial charge >= 0.3 is 0 Å². The fourth-order valence-corrected chi connectivity index (χ4v) is 2.95. The van der Waals surface area contributed by atoms with Crippen LogP contribution in [0.5, 0.6) is 5.75 Å². The van der Waals surface area contributed by atoms with Gasteiger partial charge in [-0.1, -0.05) is 78.9 Å². The normalized spacial score (nSPS) is 11.9. The van der Waals surface area contributed by atoms with Crippen molar-refractivity contribution in [3.05, 3.63) is 102 Å². The number of hydrogen-bond acceptors (Lipinski definition) is 2. The van der Waals surface area contributed by atoms with E-state index < -0.39 is 0 Å². The summed E-state index contributed by atoms with van der Waals surface area (Å²) in [6.45, 7) is 0.686. The highest BCUT2D eigenvalue weighted by Gasteiger charge is 2.17. The van der Waals surface area contributed by atoms with Gasteiger partial charge in [0.25, 0.3) is 0 Å². The summed E-state index contributed by atoms with van der Waals surface area (Å²) in [6.07, 6.45) is 0.676. The van der Waals surface area contributed by atoms with Gasteiger partial charge in [0.05, 0.1) is 0 Å². The molecule has 0 aliphatic carbocycles. The van der Waals surface area contributed by atoms with Gasteiger partial charge in [0, 0.05) is 18.1 Å². The second kappa shape index (κ2) is 8.32. The van der Waals surface area contributed by atoms with Crippen LogP contribution in [0.1, 0.15) is 29.0 Å². The zero-order valence-electron chi connectivity index (χ0n) is 13.6. The minimum Gasteiger partial charge on any atom is -0.489 e. The highest BCUT2D eigenvalue weighted by atomic mass is 16.5. The van der Waals surface area contributed by atoms with Crippen molar-refractivity contribution in [2.45, 2.75) is 18.9 Å². The fourth-order valence-electron chi connectivity index (χ4n) is 2.95. The maximum Gasteiger partial charge on any atom is 0.123 e. The van der Waals surface area contributed by atoms with Crippen molar-refractivity contribution < 1.29 is 9.84 Å². The lowest BCUT2D eigenvalue weighted by atomic mass is 9.88. The molecule has 24 heavy (non-hydrogen) atoms. The van der Waals surface area contributed by atoms with Crippen LogP contribution in [0.2, 0.25) is 0 Å². The van der Waals surface area contributed by atoms with Crippen molar-refractivity contribution in [3.8, 4) is 5.75 Å². The minimum atomic E-state index is 0.128. The Labute approximate surface area is 143 Å². The molecule has 0 aliphatic heterocycles. The quantitative estimate of drug-likeness (QED) is 0.679. The van der Waals surface area contributed by atoms with E-state index in [1.165, 1.54) is 5.56 Å². The molecule has 1 atom stereocenters. The molecule has 3 aromatic carbocycles. The zero-order valence-corrected chi connectivity index (χ0v) is 13.6. The van der Waals surface area contributed by atoms with Crippen LogP contribution >= 0.6 is 0 Å². The van der Waals surface area contributed by atoms with E-state index in [0.29, 0.717) is 13.0 Å². The van der Waals surface area contributed by atoms with E-state index >= 15 is 0 Å². The van der Waals surface area contributed by atoms with E-state index in [9.17, 15) is 5.11 Å². The third kappa shape index (κ3) is 4.03. The lowest BCUT2D eigenvalue weighted by molar-refractivity contribution is 0.276. The Morgan fingerprint density at radius 3 is 2.08 bits per heavy atom. The Kier molecular flexibility index (Phi) is 5.65. The first-order valence-electron chi connectivity index (χ1n) is 8.30. The number of para-hydroxylation sites is 1. The summed E-state index contributed by atoms with van der Waals surface area (Å²) in [5.74, 6) is 1.01. The van der Waals surface area contributed by atoms with Gasteiger partial charge in [-0.25, -0.2) is 0 Å². The smallest absolute Gasteiger partial charge is 0.123 e. The van der Waals surface area contributed by atoms with Crippen LogP contribution in [0.15, 0.2) is 84.9 Å². The van der Waals surface area contributed by atoms with Crippen LogP contribution in [0.3, 0.4) is 0 Å². The summed E-state index contributed by atoms with van der Waals surface area (Å²) in [5, 5.41) is 9.52. The van der Waals surface area contributed by atoms with Gasteiger partial charge in [-0.05, 0) is 23.6 Å². The highest BCUT2D eigenvalue weighted by molar-refractivity contribution is 5.42. The van der Waals surface area contributed by atoms with Crippen LogP contribution in [-0.2, 0) is 6.61 Å². The predicted molar refractivity (Wildman–Crippen MR) is 97.2 cm³/mol. The standard InChI is InChI=1S/C22H22O2/c23-16-15-20(19-11-5-2-6-12-19)21-13-7-8-14-22(21)24-17-18-9-3-1-4-10-18/h1-14,20,23H,15-17H2. The summed E-state index contributed by atoms with van der Waals surface area (Å²) in [4.78, 5) is 0. The maximum absolute atomic E-state index is 9.52. The first kappa shape index (κ1) is 16.3. The van der Waals surface area contributed by atoms with Gasteiger partial charge in [0.1, 0.15) is 12.4 Å². The molecule has 0 saturated carbocycles. The lowest BCUT2D eigenvalue weighted by Gasteiger charge is -2.20. The average molecular weight is 318 g/mol. The Hall–Kier alpha value is -2.58. The van der Waals surface area contributed by atoms with Crippen LogP contribution < -0.4 is 4.74 Å². The summed E-state index contributed by atoms with van der Waals surface area (Å²) < 4.78 is 6.09. The van der Waals surface area contributed by atoms with Gasteiger partial charge in [0.2, 0.25) is 0 Å². The van der Waals surface area contributed by atoms with Crippen LogP contribution in [0, 0.1) is 0 Å². The first-order valence-corrected chi connectivity index (χ1v) is 8.30. The molecule has 122 valence electrons. The number of benzene rings is 3. The summed E-state index contributed by atoms with van der Waals surface area (Å²) >= 11 is 0. The first-order chi connectivity index (χ1) is 11.9. The summed E-state index contributed by atoms with van der Waals surface area (Å²) in [5.41, 5.74) is 3.46. The van der Waals surface area contributed by atoms with Gasteiger partial charge in [-0.3, -0.25) is 0 Å². The van der Waals surface area contributed by atoms with Gasteiger partial charge in [-0.15, -0.1) is 0 Å². The van der Waals surface area contributed by atoms with E-state index in [4.69, 9.17) is 4.74 Å². The molecule has 1 N–H and O–H groups in total. The maximum atomic E-state index is 9.52. The van der Waals surface area contributed by atoms with E-state index in [0.717, 1.165) is 16.9 Å². The fraction of sp³-hybridized carbons (Fsp3) is 0.182.